The molecule has 6 nitrogen and oxygen atoms in total. The summed E-state index contributed by atoms with van der Waals surface area (Å²) in [6, 6.07) is 0. The third-order valence-corrected chi connectivity index (χ3v) is 5.95. The first kappa shape index (κ1) is 14.3. The molecule has 0 aromatic carbocycles. The predicted molar refractivity (Wildman–Crippen MR) is 68.3 cm³/mol. The Morgan fingerprint density at radius 3 is 2.42 bits per heavy atom. The van der Waals surface area contributed by atoms with Crippen molar-refractivity contribution in [2.45, 2.75) is 32.1 Å². The second-order valence-electron chi connectivity index (χ2n) is 5.74. The Kier molecular flexibility index (Phi) is 3.85. The molecule has 1 heterocycles. The molecule has 1 atom stereocenters. The molecule has 19 heavy (non-hydrogen) atoms. The molecule has 1 saturated carbocycles. The van der Waals surface area contributed by atoms with Crippen molar-refractivity contribution in [2.24, 2.45) is 11.3 Å². The minimum absolute atomic E-state index is 0.0657. The van der Waals surface area contributed by atoms with Crippen LogP contribution in [0.5, 0.6) is 0 Å². The molecule has 1 saturated heterocycles. The molecule has 1 aliphatic heterocycles. The lowest BCUT2D eigenvalue weighted by Gasteiger charge is -2.41. The van der Waals surface area contributed by atoms with Crippen molar-refractivity contribution >= 4 is 21.7 Å². The maximum Gasteiger partial charge on any atom is 0.303 e. The second-order valence-corrected chi connectivity index (χ2v) is 7.97. The van der Waals surface area contributed by atoms with Gasteiger partial charge in [-0.05, 0) is 24.7 Å². The van der Waals surface area contributed by atoms with Crippen LogP contribution in [-0.2, 0) is 19.4 Å². The lowest BCUT2D eigenvalue weighted by Crippen LogP contribution is -2.45. The number of carboxylic acids is 1. The lowest BCUT2D eigenvalue weighted by atomic mass is 9.66. The molecule has 2 fully saturated rings. The summed E-state index contributed by atoms with van der Waals surface area (Å²) < 4.78 is 22.6. The molecule has 0 bridgehead atoms. The lowest BCUT2D eigenvalue weighted by molar-refractivity contribution is -0.142. The molecule has 1 amide bonds. The van der Waals surface area contributed by atoms with Crippen molar-refractivity contribution in [1.82, 2.24) is 5.32 Å². The van der Waals surface area contributed by atoms with E-state index < -0.39 is 21.7 Å². The zero-order valence-corrected chi connectivity index (χ0v) is 11.5. The van der Waals surface area contributed by atoms with Gasteiger partial charge >= 0.3 is 5.97 Å². The van der Waals surface area contributed by atoms with Crippen molar-refractivity contribution in [3.63, 3.8) is 0 Å². The van der Waals surface area contributed by atoms with Gasteiger partial charge in [-0.15, -0.1) is 0 Å². The van der Waals surface area contributed by atoms with Crippen molar-refractivity contribution < 1.29 is 23.1 Å². The molecule has 1 aliphatic carbocycles. The maximum absolute atomic E-state index is 11.9. The van der Waals surface area contributed by atoms with Gasteiger partial charge in [0.25, 0.3) is 0 Å². The summed E-state index contributed by atoms with van der Waals surface area (Å²) in [6.45, 7) is 0.342. The first-order valence-electron chi connectivity index (χ1n) is 6.52. The fourth-order valence-electron chi connectivity index (χ4n) is 2.83. The van der Waals surface area contributed by atoms with Gasteiger partial charge in [-0.2, -0.15) is 0 Å². The van der Waals surface area contributed by atoms with Gasteiger partial charge in [-0.3, -0.25) is 9.59 Å². The van der Waals surface area contributed by atoms with Crippen LogP contribution in [-0.4, -0.2) is 43.5 Å². The standard InChI is InChI=1S/C12H19NO5S/c14-10(15)6-12(3-1-4-12)8-13-11(16)9-2-5-19(17,18)7-9/h9H,1-8H2,(H,13,16)(H,14,15). The molecular weight excluding hydrogens is 270 g/mol. The summed E-state index contributed by atoms with van der Waals surface area (Å²) in [4.78, 5) is 22.7. The van der Waals surface area contributed by atoms with E-state index in [9.17, 15) is 18.0 Å². The fourth-order valence-corrected chi connectivity index (χ4v) is 4.58. The third kappa shape index (κ3) is 3.46. The number of carbonyl (C=O) groups excluding carboxylic acids is 1. The van der Waals surface area contributed by atoms with Crippen LogP contribution in [0.4, 0.5) is 0 Å². The van der Waals surface area contributed by atoms with E-state index in [-0.39, 0.29) is 29.2 Å². The first-order chi connectivity index (χ1) is 8.82. The van der Waals surface area contributed by atoms with Crippen molar-refractivity contribution in [1.29, 1.82) is 0 Å². The van der Waals surface area contributed by atoms with Crippen LogP contribution >= 0.6 is 0 Å². The van der Waals surface area contributed by atoms with E-state index in [1.165, 1.54) is 0 Å². The van der Waals surface area contributed by atoms with Crippen molar-refractivity contribution in [3.8, 4) is 0 Å². The Bertz CT molecular complexity index is 480. The van der Waals surface area contributed by atoms with Crippen LogP contribution in [0, 0.1) is 11.3 Å². The monoisotopic (exact) mass is 289 g/mol. The number of hydrogen-bond acceptors (Lipinski definition) is 4. The van der Waals surface area contributed by atoms with Crippen LogP contribution in [0.2, 0.25) is 0 Å². The van der Waals surface area contributed by atoms with E-state index in [0.717, 1.165) is 19.3 Å². The highest BCUT2D eigenvalue weighted by Crippen LogP contribution is 2.43. The van der Waals surface area contributed by atoms with E-state index in [2.05, 4.69) is 5.32 Å². The molecule has 108 valence electrons. The van der Waals surface area contributed by atoms with Crippen LogP contribution in [0.3, 0.4) is 0 Å². The Balaban J connectivity index is 1.85. The molecular formula is C12H19NO5S. The molecule has 0 aromatic heterocycles. The van der Waals surface area contributed by atoms with Gasteiger partial charge in [0.1, 0.15) is 0 Å². The van der Waals surface area contributed by atoms with Crippen LogP contribution in [0.25, 0.3) is 0 Å². The molecule has 0 radical (unpaired) electrons. The highest BCUT2D eigenvalue weighted by Gasteiger charge is 2.40. The largest absolute Gasteiger partial charge is 0.481 e. The van der Waals surface area contributed by atoms with Crippen molar-refractivity contribution in [3.05, 3.63) is 0 Å². The quantitative estimate of drug-likeness (QED) is 0.752. The smallest absolute Gasteiger partial charge is 0.303 e. The van der Waals surface area contributed by atoms with Gasteiger partial charge in [0.05, 0.1) is 23.8 Å². The number of sulfone groups is 1. The Labute approximate surface area is 112 Å². The average molecular weight is 289 g/mol. The van der Waals surface area contributed by atoms with Gasteiger partial charge < -0.3 is 10.4 Å². The van der Waals surface area contributed by atoms with Gasteiger partial charge in [-0.1, -0.05) is 6.42 Å². The number of amides is 1. The third-order valence-electron chi connectivity index (χ3n) is 4.18. The molecule has 0 spiro atoms. The summed E-state index contributed by atoms with van der Waals surface area (Å²) in [5.41, 5.74) is -0.320. The number of rotatable bonds is 5. The molecule has 2 rings (SSSR count). The van der Waals surface area contributed by atoms with Gasteiger partial charge in [-0.25, -0.2) is 8.42 Å². The molecule has 2 N–H and O–H groups in total. The summed E-state index contributed by atoms with van der Waals surface area (Å²) in [7, 11) is -3.06. The van der Waals surface area contributed by atoms with E-state index in [1.54, 1.807) is 0 Å². The van der Waals surface area contributed by atoms with E-state index in [1.807, 2.05) is 0 Å². The van der Waals surface area contributed by atoms with Crippen molar-refractivity contribution in [2.75, 3.05) is 18.1 Å². The average Bonchev–Trinajstić information content (AvgIpc) is 2.62. The zero-order valence-electron chi connectivity index (χ0n) is 10.7. The van der Waals surface area contributed by atoms with Crippen LogP contribution in [0.1, 0.15) is 32.1 Å². The number of nitrogens with one attached hydrogen (secondary N) is 1. The van der Waals surface area contributed by atoms with Gasteiger partial charge in [0.2, 0.25) is 5.91 Å². The van der Waals surface area contributed by atoms with E-state index in [0.29, 0.717) is 13.0 Å². The first-order valence-corrected chi connectivity index (χ1v) is 8.34. The minimum atomic E-state index is -3.06. The van der Waals surface area contributed by atoms with Gasteiger partial charge in [0.15, 0.2) is 9.84 Å². The molecule has 1 unspecified atom stereocenters. The summed E-state index contributed by atoms with van der Waals surface area (Å²) in [6.07, 6.45) is 3.04. The topological polar surface area (TPSA) is 101 Å². The molecule has 0 aromatic rings. The second kappa shape index (κ2) is 5.11. The highest BCUT2D eigenvalue weighted by molar-refractivity contribution is 7.91. The number of aliphatic carboxylic acids is 1. The van der Waals surface area contributed by atoms with Gasteiger partial charge in [0, 0.05) is 6.54 Å². The maximum atomic E-state index is 11.9. The summed E-state index contributed by atoms with van der Waals surface area (Å²) in [5, 5.41) is 11.6. The Hall–Kier alpha value is -1.11. The molecule has 2 aliphatic rings. The predicted octanol–water partition coefficient (Wildman–Crippen LogP) is 0.182. The molecule has 7 heteroatoms. The van der Waals surface area contributed by atoms with Crippen LogP contribution < -0.4 is 5.32 Å². The number of hydrogen-bond donors (Lipinski definition) is 2. The minimum Gasteiger partial charge on any atom is -0.481 e. The Morgan fingerprint density at radius 1 is 1.32 bits per heavy atom. The zero-order chi connectivity index (χ0) is 14.1. The summed E-state index contributed by atoms with van der Waals surface area (Å²) >= 11 is 0. The Morgan fingerprint density at radius 2 is 2.00 bits per heavy atom. The van der Waals surface area contributed by atoms with E-state index in [4.69, 9.17) is 5.11 Å². The summed E-state index contributed by atoms with van der Waals surface area (Å²) in [5.74, 6) is -1.57. The SMILES string of the molecule is O=C(O)CC1(CNC(=O)C2CCS(=O)(=O)C2)CCC1. The van der Waals surface area contributed by atoms with Crippen LogP contribution in [0.15, 0.2) is 0 Å². The fraction of sp³-hybridized carbons (Fsp3) is 0.833. The number of carbonyl (C=O) groups is 2. The van der Waals surface area contributed by atoms with E-state index >= 15 is 0 Å². The highest BCUT2D eigenvalue weighted by atomic mass is 32.2. The number of carboxylic acid groups (broad SMARTS) is 1. The normalized spacial score (nSPS) is 27.5.